The standard InChI is InChI=1S/C13H15F3N2O2/c1-18(9-4-5-20-7-9)12(19)8-2-3-11(17)10(6-8)13(14,15)16/h2-3,6,9H,4-5,7,17H2,1H3. The number of hydrogen-bond acceptors (Lipinski definition) is 3. The third kappa shape index (κ3) is 2.87. The lowest BCUT2D eigenvalue weighted by Gasteiger charge is -2.23. The fraction of sp³-hybridized carbons (Fsp3) is 0.462. The Kier molecular flexibility index (Phi) is 3.89. The summed E-state index contributed by atoms with van der Waals surface area (Å²) in [7, 11) is 1.56. The summed E-state index contributed by atoms with van der Waals surface area (Å²) in [5.74, 6) is -0.467. The number of benzene rings is 1. The molecule has 1 unspecified atom stereocenters. The molecule has 20 heavy (non-hydrogen) atoms. The number of nitrogens with two attached hydrogens (primary N) is 1. The van der Waals surface area contributed by atoms with Crippen LogP contribution in [0.1, 0.15) is 22.3 Å². The van der Waals surface area contributed by atoms with E-state index < -0.39 is 17.6 Å². The highest BCUT2D eigenvalue weighted by atomic mass is 19.4. The first kappa shape index (κ1) is 14.6. The molecule has 1 fully saturated rings. The van der Waals surface area contributed by atoms with E-state index in [9.17, 15) is 18.0 Å². The molecule has 4 nitrogen and oxygen atoms in total. The lowest BCUT2D eigenvalue weighted by atomic mass is 10.1. The molecule has 1 heterocycles. The van der Waals surface area contributed by atoms with Crippen LogP contribution >= 0.6 is 0 Å². The zero-order chi connectivity index (χ0) is 14.9. The molecule has 1 amide bonds. The summed E-state index contributed by atoms with van der Waals surface area (Å²) in [4.78, 5) is 13.6. The molecule has 1 aliphatic heterocycles. The van der Waals surface area contributed by atoms with Crippen LogP contribution in [-0.4, -0.2) is 37.1 Å². The molecule has 1 atom stereocenters. The Balaban J connectivity index is 2.26. The Bertz CT molecular complexity index is 511. The van der Waals surface area contributed by atoms with Crippen molar-refractivity contribution in [1.82, 2.24) is 4.90 Å². The van der Waals surface area contributed by atoms with E-state index in [0.29, 0.717) is 19.6 Å². The van der Waals surface area contributed by atoms with Gasteiger partial charge in [0.1, 0.15) is 0 Å². The molecule has 0 spiro atoms. The van der Waals surface area contributed by atoms with Crippen LogP contribution in [0.25, 0.3) is 0 Å². The van der Waals surface area contributed by atoms with Crippen molar-refractivity contribution in [3.05, 3.63) is 29.3 Å². The number of alkyl halides is 3. The Morgan fingerprint density at radius 2 is 2.15 bits per heavy atom. The van der Waals surface area contributed by atoms with Gasteiger partial charge in [-0.2, -0.15) is 13.2 Å². The number of amides is 1. The summed E-state index contributed by atoms with van der Waals surface area (Å²) in [6.45, 7) is 0.959. The Labute approximate surface area is 114 Å². The number of rotatable bonds is 2. The van der Waals surface area contributed by atoms with E-state index in [2.05, 4.69) is 0 Å². The highest BCUT2D eigenvalue weighted by Gasteiger charge is 2.34. The van der Waals surface area contributed by atoms with Crippen LogP contribution in [0.15, 0.2) is 18.2 Å². The van der Waals surface area contributed by atoms with Crippen LogP contribution in [0.3, 0.4) is 0 Å². The summed E-state index contributed by atoms with van der Waals surface area (Å²) in [6.07, 6.45) is -3.89. The molecule has 2 rings (SSSR count). The zero-order valence-corrected chi connectivity index (χ0v) is 10.9. The molecule has 0 aliphatic carbocycles. The molecule has 0 radical (unpaired) electrons. The molecule has 0 saturated carbocycles. The maximum atomic E-state index is 12.8. The van der Waals surface area contributed by atoms with Crippen molar-refractivity contribution >= 4 is 11.6 Å². The lowest BCUT2D eigenvalue weighted by Crippen LogP contribution is -2.37. The van der Waals surface area contributed by atoms with Crippen LogP contribution in [0, 0.1) is 0 Å². The number of nitrogen functional groups attached to an aromatic ring is 1. The zero-order valence-electron chi connectivity index (χ0n) is 10.9. The highest BCUT2D eigenvalue weighted by molar-refractivity contribution is 5.95. The molecule has 2 N–H and O–H groups in total. The van der Waals surface area contributed by atoms with Gasteiger partial charge < -0.3 is 15.4 Å². The van der Waals surface area contributed by atoms with Crippen molar-refractivity contribution in [1.29, 1.82) is 0 Å². The maximum Gasteiger partial charge on any atom is 0.418 e. The fourth-order valence-corrected chi connectivity index (χ4v) is 2.13. The molecule has 1 aromatic rings. The first-order valence-electron chi connectivity index (χ1n) is 6.12. The number of hydrogen-bond donors (Lipinski definition) is 1. The molecule has 0 aromatic heterocycles. The summed E-state index contributed by atoms with van der Waals surface area (Å²) < 4.78 is 43.5. The number of likely N-dealkylation sites (N-methyl/N-ethyl adjacent to an activating group) is 1. The van der Waals surface area contributed by atoms with Crippen LogP contribution < -0.4 is 5.73 Å². The first-order chi connectivity index (χ1) is 9.30. The second-order valence-electron chi connectivity index (χ2n) is 4.73. The first-order valence-corrected chi connectivity index (χ1v) is 6.12. The van der Waals surface area contributed by atoms with Gasteiger partial charge in [-0.05, 0) is 24.6 Å². The van der Waals surface area contributed by atoms with E-state index in [0.717, 1.165) is 12.1 Å². The van der Waals surface area contributed by atoms with Crippen LogP contribution in [0.4, 0.5) is 18.9 Å². The van der Waals surface area contributed by atoms with E-state index in [-0.39, 0.29) is 17.3 Å². The molecule has 0 bridgehead atoms. The van der Waals surface area contributed by atoms with Gasteiger partial charge in [0.05, 0.1) is 18.2 Å². The Hall–Kier alpha value is -1.76. The Morgan fingerprint density at radius 1 is 1.45 bits per heavy atom. The van der Waals surface area contributed by atoms with Gasteiger partial charge >= 0.3 is 6.18 Å². The number of ether oxygens (including phenoxy) is 1. The van der Waals surface area contributed by atoms with Crippen LogP contribution in [0.5, 0.6) is 0 Å². The molecule has 110 valence electrons. The van der Waals surface area contributed by atoms with Gasteiger partial charge in [0.25, 0.3) is 5.91 Å². The second-order valence-corrected chi connectivity index (χ2v) is 4.73. The smallest absolute Gasteiger partial charge is 0.398 e. The number of carbonyl (C=O) groups is 1. The van der Waals surface area contributed by atoms with E-state index in [1.54, 1.807) is 7.05 Å². The van der Waals surface area contributed by atoms with Crippen molar-refractivity contribution in [2.75, 3.05) is 26.0 Å². The molecule has 1 aromatic carbocycles. The molecular formula is C13H15F3N2O2. The summed E-state index contributed by atoms with van der Waals surface area (Å²) in [5.41, 5.74) is 3.91. The predicted molar refractivity (Wildman–Crippen MR) is 67.2 cm³/mol. The summed E-state index contributed by atoms with van der Waals surface area (Å²) >= 11 is 0. The number of nitrogens with zero attached hydrogens (tertiary/aromatic N) is 1. The minimum absolute atomic E-state index is 0.0269. The summed E-state index contributed by atoms with van der Waals surface area (Å²) in [6, 6.07) is 3.10. The average Bonchev–Trinajstić information content (AvgIpc) is 2.90. The second kappa shape index (κ2) is 5.32. The van der Waals surface area contributed by atoms with Gasteiger partial charge in [-0.25, -0.2) is 0 Å². The van der Waals surface area contributed by atoms with Gasteiger partial charge in [0.15, 0.2) is 0 Å². The minimum Gasteiger partial charge on any atom is -0.398 e. The highest BCUT2D eigenvalue weighted by Crippen LogP contribution is 2.34. The number of carbonyl (C=O) groups excluding carboxylic acids is 1. The van der Waals surface area contributed by atoms with Gasteiger partial charge in [-0.3, -0.25) is 4.79 Å². The average molecular weight is 288 g/mol. The van der Waals surface area contributed by atoms with E-state index >= 15 is 0 Å². The molecular weight excluding hydrogens is 273 g/mol. The van der Waals surface area contributed by atoms with Crippen molar-refractivity contribution in [2.24, 2.45) is 0 Å². The van der Waals surface area contributed by atoms with E-state index in [1.165, 1.54) is 11.0 Å². The van der Waals surface area contributed by atoms with Gasteiger partial charge in [-0.1, -0.05) is 0 Å². The predicted octanol–water partition coefficient (Wildman–Crippen LogP) is 2.15. The topological polar surface area (TPSA) is 55.6 Å². The minimum atomic E-state index is -4.57. The van der Waals surface area contributed by atoms with Gasteiger partial charge in [-0.15, -0.1) is 0 Å². The lowest BCUT2D eigenvalue weighted by molar-refractivity contribution is -0.136. The summed E-state index contributed by atoms with van der Waals surface area (Å²) in [5, 5.41) is 0. The Morgan fingerprint density at radius 3 is 2.70 bits per heavy atom. The maximum absolute atomic E-state index is 12.8. The van der Waals surface area contributed by atoms with E-state index in [1.807, 2.05) is 0 Å². The fourth-order valence-electron chi connectivity index (χ4n) is 2.13. The van der Waals surface area contributed by atoms with Gasteiger partial charge in [0.2, 0.25) is 0 Å². The largest absolute Gasteiger partial charge is 0.418 e. The quantitative estimate of drug-likeness (QED) is 0.848. The number of anilines is 1. The molecule has 7 heteroatoms. The van der Waals surface area contributed by atoms with Gasteiger partial charge in [0, 0.05) is 24.9 Å². The number of halogens is 3. The van der Waals surface area contributed by atoms with Crippen molar-refractivity contribution in [3.63, 3.8) is 0 Å². The third-order valence-electron chi connectivity index (χ3n) is 3.38. The third-order valence-corrected chi connectivity index (χ3v) is 3.38. The van der Waals surface area contributed by atoms with Crippen LogP contribution in [-0.2, 0) is 10.9 Å². The van der Waals surface area contributed by atoms with Crippen molar-refractivity contribution in [2.45, 2.75) is 18.6 Å². The monoisotopic (exact) mass is 288 g/mol. The van der Waals surface area contributed by atoms with E-state index in [4.69, 9.17) is 10.5 Å². The normalized spacial score (nSPS) is 19.1. The van der Waals surface area contributed by atoms with Crippen LogP contribution in [0.2, 0.25) is 0 Å². The van der Waals surface area contributed by atoms with Crippen molar-refractivity contribution in [3.8, 4) is 0 Å². The molecule has 1 aliphatic rings. The van der Waals surface area contributed by atoms with Crippen molar-refractivity contribution < 1.29 is 22.7 Å². The SMILES string of the molecule is CN(C(=O)c1ccc(N)c(C(F)(F)F)c1)C1CCOC1. The molecule has 1 saturated heterocycles.